The first-order valence-corrected chi connectivity index (χ1v) is 6.34. The van der Waals surface area contributed by atoms with Gasteiger partial charge in [0.25, 0.3) is 0 Å². The van der Waals surface area contributed by atoms with Gasteiger partial charge in [0.2, 0.25) is 5.91 Å². The van der Waals surface area contributed by atoms with E-state index in [0.717, 1.165) is 5.56 Å². The van der Waals surface area contributed by atoms with Crippen molar-refractivity contribution in [2.45, 2.75) is 26.4 Å². The van der Waals surface area contributed by atoms with Crippen molar-refractivity contribution in [3.8, 4) is 0 Å². The Morgan fingerprint density at radius 2 is 1.95 bits per heavy atom. The molecule has 5 heteroatoms. The van der Waals surface area contributed by atoms with Crippen LogP contribution in [0, 0.1) is 0 Å². The molecule has 0 saturated carbocycles. The van der Waals surface area contributed by atoms with Gasteiger partial charge in [-0.3, -0.25) is 4.79 Å². The summed E-state index contributed by atoms with van der Waals surface area (Å²) in [6, 6.07) is 9.17. The van der Waals surface area contributed by atoms with Gasteiger partial charge in [0.15, 0.2) is 0 Å². The highest BCUT2D eigenvalue weighted by Crippen LogP contribution is 1.96. The minimum atomic E-state index is -0.619. The fourth-order valence-corrected chi connectivity index (χ4v) is 1.53. The summed E-state index contributed by atoms with van der Waals surface area (Å²) in [7, 11) is 0. The van der Waals surface area contributed by atoms with Gasteiger partial charge in [-0.25, -0.2) is 4.79 Å². The molecule has 1 rings (SSSR count). The minimum absolute atomic E-state index is 0.165. The SMILES string of the molecule is CCOC(=O)[C@H](C)NC(=O)CNCc1ccccc1. The van der Waals surface area contributed by atoms with E-state index in [1.54, 1.807) is 13.8 Å². The Morgan fingerprint density at radius 1 is 1.26 bits per heavy atom. The van der Waals surface area contributed by atoms with E-state index in [0.29, 0.717) is 13.2 Å². The number of nitrogens with one attached hydrogen (secondary N) is 2. The van der Waals surface area contributed by atoms with Crippen LogP contribution in [0.3, 0.4) is 0 Å². The number of hydrogen-bond donors (Lipinski definition) is 2. The van der Waals surface area contributed by atoms with Gasteiger partial charge in [-0.2, -0.15) is 0 Å². The average Bonchev–Trinajstić information content (AvgIpc) is 2.40. The second-order valence-corrected chi connectivity index (χ2v) is 4.13. The monoisotopic (exact) mass is 264 g/mol. The smallest absolute Gasteiger partial charge is 0.328 e. The van der Waals surface area contributed by atoms with E-state index in [1.165, 1.54) is 0 Å². The lowest BCUT2D eigenvalue weighted by Gasteiger charge is -2.12. The fraction of sp³-hybridized carbons (Fsp3) is 0.429. The molecule has 0 aliphatic carbocycles. The Bertz CT molecular complexity index is 406. The Hall–Kier alpha value is -1.88. The lowest BCUT2D eigenvalue weighted by molar-refractivity contribution is -0.146. The van der Waals surface area contributed by atoms with Gasteiger partial charge in [-0.05, 0) is 19.4 Å². The van der Waals surface area contributed by atoms with Crippen molar-refractivity contribution >= 4 is 11.9 Å². The molecule has 1 aromatic carbocycles. The average molecular weight is 264 g/mol. The molecule has 19 heavy (non-hydrogen) atoms. The standard InChI is InChI=1S/C14H20N2O3/c1-3-19-14(18)11(2)16-13(17)10-15-9-12-7-5-4-6-8-12/h4-8,11,15H,3,9-10H2,1-2H3,(H,16,17)/t11-/m0/s1. The van der Waals surface area contributed by atoms with Crippen molar-refractivity contribution in [1.29, 1.82) is 0 Å². The van der Waals surface area contributed by atoms with Crippen molar-refractivity contribution in [2.24, 2.45) is 0 Å². The van der Waals surface area contributed by atoms with Crippen LogP contribution < -0.4 is 10.6 Å². The molecule has 1 atom stereocenters. The van der Waals surface area contributed by atoms with E-state index in [2.05, 4.69) is 10.6 Å². The van der Waals surface area contributed by atoms with Gasteiger partial charge in [0.05, 0.1) is 13.2 Å². The van der Waals surface area contributed by atoms with Crippen LogP contribution >= 0.6 is 0 Å². The van der Waals surface area contributed by atoms with Crippen LogP contribution in [0.15, 0.2) is 30.3 Å². The lowest BCUT2D eigenvalue weighted by atomic mass is 10.2. The Kier molecular flexibility index (Phi) is 6.60. The first kappa shape index (κ1) is 15.2. The Labute approximate surface area is 113 Å². The zero-order chi connectivity index (χ0) is 14.1. The maximum Gasteiger partial charge on any atom is 0.328 e. The number of carbonyl (C=O) groups is 2. The molecule has 2 N–H and O–H groups in total. The van der Waals surface area contributed by atoms with Gasteiger partial charge in [0, 0.05) is 6.54 Å². The summed E-state index contributed by atoms with van der Waals surface area (Å²) in [5, 5.41) is 5.59. The summed E-state index contributed by atoms with van der Waals surface area (Å²) < 4.78 is 4.80. The third kappa shape index (κ3) is 6.01. The van der Waals surface area contributed by atoms with Crippen molar-refractivity contribution in [3.05, 3.63) is 35.9 Å². The molecule has 1 amide bonds. The van der Waals surface area contributed by atoms with Gasteiger partial charge in [-0.15, -0.1) is 0 Å². The van der Waals surface area contributed by atoms with Crippen molar-refractivity contribution in [1.82, 2.24) is 10.6 Å². The summed E-state index contributed by atoms with van der Waals surface area (Å²) in [4.78, 5) is 22.9. The highest BCUT2D eigenvalue weighted by atomic mass is 16.5. The molecule has 5 nitrogen and oxygen atoms in total. The number of carbonyl (C=O) groups excluding carboxylic acids is 2. The van der Waals surface area contributed by atoms with Crippen molar-refractivity contribution in [3.63, 3.8) is 0 Å². The molecular weight excluding hydrogens is 244 g/mol. The van der Waals surface area contributed by atoms with Crippen LogP contribution in [0.25, 0.3) is 0 Å². The normalized spacial score (nSPS) is 11.7. The molecule has 0 aliphatic heterocycles. The topological polar surface area (TPSA) is 67.4 Å². The number of hydrogen-bond acceptors (Lipinski definition) is 4. The zero-order valence-electron chi connectivity index (χ0n) is 11.3. The van der Waals surface area contributed by atoms with E-state index in [-0.39, 0.29) is 12.5 Å². The quantitative estimate of drug-likeness (QED) is 0.716. The van der Waals surface area contributed by atoms with Gasteiger partial charge in [-0.1, -0.05) is 30.3 Å². The van der Waals surface area contributed by atoms with Gasteiger partial charge < -0.3 is 15.4 Å². The summed E-state index contributed by atoms with van der Waals surface area (Å²) in [5.74, 6) is -0.643. The third-order valence-corrected chi connectivity index (χ3v) is 2.48. The second-order valence-electron chi connectivity index (χ2n) is 4.13. The van der Waals surface area contributed by atoms with Crippen LogP contribution in [0.2, 0.25) is 0 Å². The number of amides is 1. The predicted octanol–water partition coefficient (Wildman–Crippen LogP) is 0.844. The van der Waals surface area contributed by atoms with Crippen molar-refractivity contribution < 1.29 is 14.3 Å². The van der Waals surface area contributed by atoms with E-state index in [9.17, 15) is 9.59 Å². The molecule has 0 heterocycles. The molecule has 0 fully saturated rings. The largest absolute Gasteiger partial charge is 0.464 e. The molecule has 0 spiro atoms. The molecule has 0 aliphatic rings. The van der Waals surface area contributed by atoms with E-state index >= 15 is 0 Å². The summed E-state index contributed by atoms with van der Waals surface area (Å²) >= 11 is 0. The van der Waals surface area contributed by atoms with E-state index in [1.807, 2.05) is 30.3 Å². The second kappa shape index (κ2) is 8.26. The maximum atomic E-state index is 11.6. The number of ether oxygens (including phenoxy) is 1. The Morgan fingerprint density at radius 3 is 2.58 bits per heavy atom. The van der Waals surface area contributed by atoms with Crippen LogP contribution in [-0.2, 0) is 20.9 Å². The van der Waals surface area contributed by atoms with Gasteiger partial charge in [0.1, 0.15) is 6.04 Å². The molecule has 0 saturated heterocycles. The molecule has 0 radical (unpaired) electrons. The van der Waals surface area contributed by atoms with Crippen LogP contribution in [0.5, 0.6) is 0 Å². The maximum absolute atomic E-state index is 11.6. The lowest BCUT2D eigenvalue weighted by Crippen LogP contribution is -2.43. The van der Waals surface area contributed by atoms with E-state index < -0.39 is 12.0 Å². The summed E-state index contributed by atoms with van der Waals surface area (Å²) in [5.41, 5.74) is 1.11. The molecule has 0 bridgehead atoms. The van der Waals surface area contributed by atoms with E-state index in [4.69, 9.17) is 4.74 Å². The number of esters is 1. The molecule has 1 aromatic rings. The van der Waals surface area contributed by atoms with Crippen molar-refractivity contribution in [2.75, 3.05) is 13.2 Å². The van der Waals surface area contributed by atoms with Crippen LogP contribution in [0.1, 0.15) is 19.4 Å². The van der Waals surface area contributed by atoms with Gasteiger partial charge >= 0.3 is 5.97 Å². The number of rotatable bonds is 7. The minimum Gasteiger partial charge on any atom is -0.464 e. The van der Waals surface area contributed by atoms with Crippen LogP contribution in [-0.4, -0.2) is 31.1 Å². The third-order valence-electron chi connectivity index (χ3n) is 2.48. The first-order valence-electron chi connectivity index (χ1n) is 6.34. The zero-order valence-corrected chi connectivity index (χ0v) is 11.3. The molecular formula is C14H20N2O3. The highest BCUT2D eigenvalue weighted by molar-refractivity contribution is 5.85. The summed E-state index contributed by atoms with van der Waals surface area (Å²) in [6.07, 6.45) is 0. The highest BCUT2D eigenvalue weighted by Gasteiger charge is 2.15. The Balaban J connectivity index is 2.23. The van der Waals surface area contributed by atoms with Crippen LogP contribution in [0.4, 0.5) is 0 Å². The number of benzene rings is 1. The molecule has 104 valence electrons. The summed E-state index contributed by atoms with van der Waals surface area (Å²) in [6.45, 7) is 4.42. The first-order chi connectivity index (χ1) is 9.13. The molecule has 0 unspecified atom stereocenters. The predicted molar refractivity (Wildman–Crippen MR) is 72.4 cm³/mol. The fourth-order valence-electron chi connectivity index (χ4n) is 1.53. The molecule has 0 aromatic heterocycles.